The molecule has 1 atom stereocenters. The van der Waals surface area contributed by atoms with Gasteiger partial charge in [0.2, 0.25) is 10.0 Å². The van der Waals surface area contributed by atoms with Crippen molar-refractivity contribution in [2.45, 2.75) is 24.7 Å². The fourth-order valence-corrected chi connectivity index (χ4v) is 2.49. The van der Waals surface area contributed by atoms with E-state index >= 15 is 0 Å². The van der Waals surface area contributed by atoms with E-state index in [-0.39, 0.29) is 23.8 Å². The molecule has 7 nitrogen and oxygen atoms in total. The molecule has 0 bridgehead atoms. The van der Waals surface area contributed by atoms with Crippen LogP contribution in [0.4, 0.5) is 0 Å². The number of rotatable bonds is 7. The molecule has 0 radical (unpaired) electrons. The van der Waals surface area contributed by atoms with Crippen molar-refractivity contribution in [2.24, 2.45) is 13.0 Å². The molecule has 102 valence electrons. The number of nitrogens with one attached hydrogen (secondary N) is 1. The minimum atomic E-state index is -3.55. The van der Waals surface area contributed by atoms with Gasteiger partial charge in [0.1, 0.15) is 4.90 Å². The summed E-state index contributed by atoms with van der Waals surface area (Å²) in [5.74, 6) is -0.912. The van der Waals surface area contributed by atoms with Crippen molar-refractivity contribution < 1.29 is 18.3 Å². The van der Waals surface area contributed by atoms with Gasteiger partial charge >= 0.3 is 5.97 Å². The minimum Gasteiger partial charge on any atom is -0.481 e. The van der Waals surface area contributed by atoms with Crippen LogP contribution in [-0.2, 0) is 21.9 Å². The summed E-state index contributed by atoms with van der Waals surface area (Å²) in [5, 5.41) is 12.3. The van der Waals surface area contributed by atoms with Crippen LogP contribution in [0.25, 0.3) is 0 Å². The molecule has 0 saturated heterocycles. The van der Waals surface area contributed by atoms with Gasteiger partial charge in [0.15, 0.2) is 0 Å². The van der Waals surface area contributed by atoms with Crippen molar-refractivity contribution in [3.8, 4) is 0 Å². The summed E-state index contributed by atoms with van der Waals surface area (Å²) in [4.78, 5) is 10.5. The van der Waals surface area contributed by atoms with E-state index in [1.165, 1.54) is 17.1 Å². The lowest BCUT2D eigenvalue weighted by atomic mass is 10.1. The van der Waals surface area contributed by atoms with Gasteiger partial charge in [-0.2, -0.15) is 5.10 Å². The van der Waals surface area contributed by atoms with Gasteiger partial charge in [0.05, 0.1) is 6.20 Å². The van der Waals surface area contributed by atoms with Gasteiger partial charge in [-0.05, 0) is 12.3 Å². The first-order valence-corrected chi connectivity index (χ1v) is 6.99. The number of nitrogens with zero attached hydrogens (tertiary/aromatic N) is 2. The molecule has 1 aromatic rings. The summed E-state index contributed by atoms with van der Waals surface area (Å²) in [7, 11) is -1.92. The number of aliphatic carboxylic acids is 1. The Morgan fingerprint density at radius 2 is 2.28 bits per heavy atom. The van der Waals surface area contributed by atoms with Crippen LogP contribution in [-0.4, -0.2) is 35.8 Å². The lowest BCUT2D eigenvalue weighted by Gasteiger charge is -2.10. The second-order valence-corrected chi connectivity index (χ2v) is 6.01. The molecular weight excluding hydrogens is 258 g/mol. The average molecular weight is 275 g/mol. The van der Waals surface area contributed by atoms with Crippen molar-refractivity contribution in [3.63, 3.8) is 0 Å². The Hall–Kier alpha value is -1.41. The van der Waals surface area contributed by atoms with Gasteiger partial charge in [0, 0.05) is 26.2 Å². The maximum atomic E-state index is 11.8. The number of aromatic nitrogens is 2. The lowest BCUT2D eigenvalue weighted by Crippen LogP contribution is -2.28. The third-order valence-corrected chi connectivity index (χ3v) is 3.84. The zero-order chi connectivity index (χ0) is 13.8. The second kappa shape index (κ2) is 5.96. The van der Waals surface area contributed by atoms with Crippen LogP contribution in [0.2, 0.25) is 0 Å². The summed E-state index contributed by atoms with van der Waals surface area (Å²) in [5.41, 5.74) is 0. The Morgan fingerprint density at radius 1 is 1.61 bits per heavy atom. The number of carboxylic acid groups (broad SMARTS) is 1. The Labute approximate surface area is 106 Å². The third-order valence-electron chi connectivity index (χ3n) is 2.46. The van der Waals surface area contributed by atoms with Gasteiger partial charge in [0.25, 0.3) is 0 Å². The average Bonchev–Trinajstić information content (AvgIpc) is 2.71. The first-order chi connectivity index (χ1) is 8.31. The van der Waals surface area contributed by atoms with E-state index in [2.05, 4.69) is 9.82 Å². The van der Waals surface area contributed by atoms with E-state index < -0.39 is 16.0 Å². The highest BCUT2D eigenvalue weighted by Gasteiger charge is 2.17. The molecule has 8 heteroatoms. The molecule has 0 spiro atoms. The van der Waals surface area contributed by atoms with E-state index in [4.69, 9.17) is 5.11 Å². The predicted octanol–water partition coefficient (Wildman–Crippen LogP) is 0.199. The predicted molar refractivity (Wildman–Crippen MR) is 64.4 cm³/mol. The number of sulfonamides is 1. The molecule has 0 aromatic carbocycles. The zero-order valence-electron chi connectivity index (χ0n) is 10.3. The second-order valence-electron chi connectivity index (χ2n) is 4.24. The third kappa shape index (κ3) is 4.46. The first kappa shape index (κ1) is 14.7. The van der Waals surface area contributed by atoms with Crippen LogP contribution in [0.15, 0.2) is 17.3 Å². The zero-order valence-corrected chi connectivity index (χ0v) is 11.1. The van der Waals surface area contributed by atoms with E-state index in [0.717, 1.165) is 0 Å². The molecule has 0 aliphatic carbocycles. The monoisotopic (exact) mass is 275 g/mol. The molecule has 0 saturated carbocycles. The van der Waals surface area contributed by atoms with Crippen molar-refractivity contribution in [2.75, 3.05) is 6.54 Å². The number of carboxylic acids is 1. The van der Waals surface area contributed by atoms with Crippen LogP contribution in [0, 0.1) is 5.92 Å². The highest BCUT2D eigenvalue weighted by Crippen LogP contribution is 2.09. The molecule has 0 fully saturated rings. The highest BCUT2D eigenvalue weighted by atomic mass is 32.2. The highest BCUT2D eigenvalue weighted by molar-refractivity contribution is 7.89. The molecule has 1 heterocycles. The van der Waals surface area contributed by atoms with E-state index in [1.54, 1.807) is 14.0 Å². The van der Waals surface area contributed by atoms with Crippen LogP contribution in [0.5, 0.6) is 0 Å². The number of carbonyl (C=O) groups is 1. The molecule has 0 amide bonds. The molecular formula is C10H17N3O4S. The van der Waals surface area contributed by atoms with Gasteiger partial charge in [-0.3, -0.25) is 9.48 Å². The smallest absolute Gasteiger partial charge is 0.303 e. The van der Waals surface area contributed by atoms with Gasteiger partial charge in [-0.1, -0.05) is 6.92 Å². The molecule has 1 unspecified atom stereocenters. The van der Waals surface area contributed by atoms with Crippen molar-refractivity contribution in [1.82, 2.24) is 14.5 Å². The normalized spacial score (nSPS) is 13.4. The largest absolute Gasteiger partial charge is 0.481 e. The van der Waals surface area contributed by atoms with Crippen LogP contribution >= 0.6 is 0 Å². The fraction of sp³-hybridized carbons (Fsp3) is 0.600. The Morgan fingerprint density at radius 3 is 2.78 bits per heavy atom. The molecule has 0 aliphatic heterocycles. The van der Waals surface area contributed by atoms with E-state index in [9.17, 15) is 13.2 Å². The quantitative estimate of drug-likeness (QED) is 0.740. The maximum Gasteiger partial charge on any atom is 0.303 e. The molecule has 0 aliphatic rings. The summed E-state index contributed by atoms with van der Waals surface area (Å²) < 4.78 is 27.5. The molecule has 1 rings (SSSR count). The molecule has 2 N–H and O–H groups in total. The Kier molecular flexibility index (Phi) is 4.85. The fourth-order valence-electron chi connectivity index (χ4n) is 1.34. The van der Waals surface area contributed by atoms with Gasteiger partial charge < -0.3 is 5.11 Å². The summed E-state index contributed by atoms with van der Waals surface area (Å²) in [6.07, 6.45) is 3.15. The van der Waals surface area contributed by atoms with Gasteiger partial charge in [-0.15, -0.1) is 0 Å². The Balaban J connectivity index is 2.50. The summed E-state index contributed by atoms with van der Waals surface area (Å²) in [6.45, 7) is 2.01. The lowest BCUT2D eigenvalue weighted by molar-refractivity contribution is -0.137. The Bertz CT molecular complexity index is 509. The number of hydrogen-bond acceptors (Lipinski definition) is 4. The minimum absolute atomic E-state index is 0.0347. The van der Waals surface area contributed by atoms with Crippen molar-refractivity contribution >= 4 is 16.0 Å². The van der Waals surface area contributed by atoms with Crippen LogP contribution in [0.3, 0.4) is 0 Å². The van der Waals surface area contributed by atoms with Crippen molar-refractivity contribution in [1.29, 1.82) is 0 Å². The van der Waals surface area contributed by atoms with Gasteiger partial charge in [-0.25, -0.2) is 13.1 Å². The van der Waals surface area contributed by atoms with E-state index in [0.29, 0.717) is 6.42 Å². The van der Waals surface area contributed by atoms with Crippen molar-refractivity contribution in [3.05, 3.63) is 12.4 Å². The SMILES string of the molecule is CC(CCC(=O)O)CNS(=O)(=O)c1cnn(C)c1. The summed E-state index contributed by atoms with van der Waals surface area (Å²) in [6, 6.07) is 0. The number of hydrogen-bond donors (Lipinski definition) is 2. The topological polar surface area (TPSA) is 101 Å². The first-order valence-electron chi connectivity index (χ1n) is 5.51. The number of aryl methyl sites for hydroxylation is 1. The molecule has 1 aromatic heterocycles. The van der Waals surface area contributed by atoms with Crippen LogP contribution < -0.4 is 4.72 Å². The maximum absolute atomic E-state index is 11.8. The van der Waals surface area contributed by atoms with E-state index in [1.807, 2.05) is 0 Å². The summed E-state index contributed by atoms with van der Waals surface area (Å²) >= 11 is 0. The van der Waals surface area contributed by atoms with Crippen LogP contribution in [0.1, 0.15) is 19.8 Å². The standard InChI is InChI=1S/C10H17N3O4S/c1-8(3-4-10(14)15)5-12-18(16,17)9-6-11-13(2)7-9/h6-8,12H,3-5H2,1-2H3,(H,14,15). The molecule has 18 heavy (non-hydrogen) atoms.